The van der Waals surface area contributed by atoms with Gasteiger partial charge in [0.2, 0.25) is 5.88 Å². The number of nitrogens with one attached hydrogen (secondary N) is 1. The molecule has 23 heavy (non-hydrogen) atoms. The van der Waals surface area contributed by atoms with Gasteiger partial charge in [0.1, 0.15) is 5.69 Å². The third-order valence-corrected chi connectivity index (χ3v) is 4.75. The molecule has 3 N–H and O–H groups in total. The molecule has 0 amide bonds. The van der Waals surface area contributed by atoms with Crippen LogP contribution >= 0.6 is 0 Å². The highest BCUT2D eigenvalue weighted by Gasteiger charge is 2.16. The number of nitrogens with zero attached hydrogens (tertiary/aromatic N) is 1. The van der Waals surface area contributed by atoms with Gasteiger partial charge in [0.15, 0.2) is 5.58 Å². The number of fused-ring (bicyclic) bond motifs is 1. The fourth-order valence-electron chi connectivity index (χ4n) is 3.55. The van der Waals surface area contributed by atoms with Crippen LogP contribution in [0.1, 0.15) is 43.6 Å². The summed E-state index contributed by atoms with van der Waals surface area (Å²) >= 11 is 0. The summed E-state index contributed by atoms with van der Waals surface area (Å²) in [6, 6.07) is 10.6. The average molecular weight is 307 g/mol. The van der Waals surface area contributed by atoms with Crippen molar-refractivity contribution in [3.8, 4) is 0 Å². The van der Waals surface area contributed by atoms with Crippen molar-refractivity contribution in [2.45, 2.75) is 38.0 Å². The van der Waals surface area contributed by atoms with E-state index < -0.39 is 0 Å². The second-order valence-electron chi connectivity index (χ2n) is 6.30. The van der Waals surface area contributed by atoms with Crippen LogP contribution in [0.2, 0.25) is 0 Å². The van der Waals surface area contributed by atoms with Gasteiger partial charge >= 0.3 is 0 Å². The third-order valence-electron chi connectivity index (χ3n) is 4.75. The molecule has 2 aromatic heterocycles. The molecule has 0 atom stereocenters. The minimum Gasteiger partial charge on any atom is -0.437 e. The minimum atomic E-state index is 0.399. The number of furan rings is 1. The van der Waals surface area contributed by atoms with Crippen LogP contribution in [0.5, 0.6) is 0 Å². The second kappa shape index (κ2) is 5.95. The molecule has 2 heterocycles. The Labute approximate surface area is 135 Å². The van der Waals surface area contributed by atoms with Gasteiger partial charge in [-0.2, -0.15) is 0 Å². The van der Waals surface area contributed by atoms with Crippen molar-refractivity contribution < 1.29 is 4.42 Å². The highest BCUT2D eigenvalue weighted by molar-refractivity contribution is 5.97. The number of nitrogen functional groups attached to an aromatic ring is 1. The molecule has 4 nitrogen and oxygen atoms in total. The maximum Gasteiger partial charge on any atom is 0.215 e. The normalized spacial score (nSPS) is 15.8. The van der Waals surface area contributed by atoms with E-state index in [1.807, 2.05) is 6.07 Å². The van der Waals surface area contributed by atoms with Crippen LogP contribution in [0.4, 0.5) is 17.3 Å². The molecule has 1 aromatic carbocycles. The largest absolute Gasteiger partial charge is 0.437 e. The predicted octanol–water partition coefficient (Wildman–Crippen LogP) is 5.20. The van der Waals surface area contributed by atoms with Gasteiger partial charge in [0.25, 0.3) is 0 Å². The van der Waals surface area contributed by atoms with E-state index in [9.17, 15) is 0 Å². The van der Waals surface area contributed by atoms with Gasteiger partial charge in [0.05, 0.1) is 6.20 Å². The molecular weight excluding hydrogens is 286 g/mol. The fraction of sp³-hybridized carbons (Fsp3) is 0.316. The smallest absolute Gasteiger partial charge is 0.215 e. The summed E-state index contributed by atoms with van der Waals surface area (Å²) in [5.74, 6) is 1.09. The lowest BCUT2D eigenvalue weighted by Gasteiger charge is -2.22. The quantitative estimate of drug-likeness (QED) is 0.698. The van der Waals surface area contributed by atoms with Crippen LogP contribution in [-0.2, 0) is 0 Å². The van der Waals surface area contributed by atoms with Crippen LogP contribution in [-0.4, -0.2) is 4.98 Å². The molecule has 1 aliphatic rings. The topological polar surface area (TPSA) is 64.1 Å². The van der Waals surface area contributed by atoms with Gasteiger partial charge in [0, 0.05) is 17.3 Å². The van der Waals surface area contributed by atoms with Crippen molar-refractivity contribution in [3.05, 3.63) is 48.3 Å². The van der Waals surface area contributed by atoms with Crippen molar-refractivity contribution in [2.75, 3.05) is 11.1 Å². The van der Waals surface area contributed by atoms with Crippen LogP contribution in [0.15, 0.2) is 47.1 Å². The highest BCUT2D eigenvalue weighted by Crippen LogP contribution is 2.37. The lowest BCUT2D eigenvalue weighted by atomic mass is 9.84. The van der Waals surface area contributed by atoms with E-state index in [0.717, 1.165) is 16.8 Å². The molecule has 0 spiro atoms. The Hall–Kier alpha value is -2.49. The van der Waals surface area contributed by atoms with Crippen LogP contribution in [0, 0.1) is 0 Å². The first kappa shape index (κ1) is 14.1. The minimum absolute atomic E-state index is 0.399. The lowest BCUT2D eigenvalue weighted by molar-refractivity contribution is 0.444. The summed E-state index contributed by atoms with van der Waals surface area (Å²) in [6.07, 6.45) is 10.1. The summed E-state index contributed by atoms with van der Waals surface area (Å²) in [5, 5.41) is 4.39. The number of nitrogens with two attached hydrogens (primary N) is 1. The molecule has 0 bridgehead atoms. The zero-order valence-corrected chi connectivity index (χ0v) is 13.1. The summed E-state index contributed by atoms with van der Waals surface area (Å²) in [4.78, 5) is 4.07. The number of aromatic nitrogens is 1. The molecule has 0 radical (unpaired) electrons. The Morgan fingerprint density at radius 1 is 1.13 bits per heavy atom. The van der Waals surface area contributed by atoms with E-state index in [4.69, 9.17) is 10.2 Å². The molecule has 4 rings (SSSR count). The predicted molar refractivity (Wildman–Crippen MR) is 94.0 cm³/mol. The Morgan fingerprint density at radius 3 is 2.87 bits per heavy atom. The van der Waals surface area contributed by atoms with Gasteiger partial charge in [-0.3, -0.25) is 4.98 Å². The van der Waals surface area contributed by atoms with Crippen LogP contribution in [0.3, 0.4) is 0 Å². The molecule has 3 aromatic rings. The molecule has 1 fully saturated rings. The molecule has 0 saturated heterocycles. The first-order chi connectivity index (χ1) is 11.3. The number of anilines is 3. The van der Waals surface area contributed by atoms with Crippen molar-refractivity contribution in [3.63, 3.8) is 0 Å². The Balaban J connectivity index is 1.64. The van der Waals surface area contributed by atoms with Gasteiger partial charge in [-0.25, -0.2) is 0 Å². The molecule has 118 valence electrons. The molecule has 4 heteroatoms. The van der Waals surface area contributed by atoms with Crippen molar-refractivity contribution in [2.24, 2.45) is 0 Å². The van der Waals surface area contributed by atoms with Crippen molar-refractivity contribution >= 4 is 28.2 Å². The summed E-state index contributed by atoms with van der Waals surface area (Å²) < 4.78 is 5.57. The van der Waals surface area contributed by atoms with Gasteiger partial charge < -0.3 is 15.5 Å². The van der Waals surface area contributed by atoms with E-state index in [0.29, 0.717) is 17.4 Å². The van der Waals surface area contributed by atoms with E-state index in [2.05, 4.69) is 34.6 Å². The molecule has 1 aliphatic carbocycles. The maximum absolute atomic E-state index is 6.03. The van der Waals surface area contributed by atoms with Gasteiger partial charge in [-0.1, -0.05) is 31.4 Å². The zero-order chi connectivity index (χ0) is 15.6. The molecule has 0 aliphatic heterocycles. The highest BCUT2D eigenvalue weighted by atomic mass is 16.3. The number of hydrogen-bond donors (Lipinski definition) is 2. The Bertz CT molecular complexity index is 818. The molecular formula is C19H21N3O. The summed E-state index contributed by atoms with van der Waals surface area (Å²) in [6.45, 7) is 0. The first-order valence-corrected chi connectivity index (χ1v) is 8.30. The summed E-state index contributed by atoms with van der Waals surface area (Å²) in [5.41, 5.74) is 10.0. The average Bonchev–Trinajstić information content (AvgIpc) is 2.92. The fourth-order valence-corrected chi connectivity index (χ4v) is 3.55. The molecule has 0 unspecified atom stereocenters. The summed E-state index contributed by atoms with van der Waals surface area (Å²) in [7, 11) is 0. The van der Waals surface area contributed by atoms with Crippen LogP contribution in [0.25, 0.3) is 11.0 Å². The van der Waals surface area contributed by atoms with Gasteiger partial charge in [-0.05, 0) is 42.5 Å². The number of pyridine rings is 1. The number of rotatable bonds is 3. The third kappa shape index (κ3) is 2.77. The standard InChI is InChI=1S/C19H21N3O/c20-19-18(16-9-10-21-12-17(16)23-19)22-15-8-4-7-14(11-15)13-5-2-1-3-6-13/h4,7-13,22H,1-3,5-6,20H2. The monoisotopic (exact) mass is 307 g/mol. The Kier molecular flexibility index (Phi) is 3.66. The number of benzene rings is 1. The Morgan fingerprint density at radius 2 is 2.00 bits per heavy atom. The van der Waals surface area contributed by atoms with Crippen molar-refractivity contribution in [1.82, 2.24) is 4.98 Å². The van der Waals surface area contributed by atoms with Crippen LogP contribution < -0.4 is 11.1 Å². The lowest BCUT2D eigenvalue weighted by Crippen LogP contribution is -2.04. The maximum atomic E-state index is 6.03. The SMILES string of the molecule is Nc1oc2cnccc2c1Nc1cccc(C2CCCCC2)c1. The first-order valence-electron chi connectivity index (χ1n) is 8.30. The zero-order valence-electron chi connectivity index (χ0n) is 13.1. The van der Waals surface area contributed by atoms with E-state index in [-0.39, 0.29) is 0 Å². The van der Waals surface area contributed by atoms with Crippen molar-refractivity contribution in [1.29, 1.82) is 0 Å². The van der Waals surface area contributed by atoms with E-state index in [1.165, 1.54) is 37.7 Å². The second-order valence-corrected chi connectivity index (χ2v) is 6.30. The molecule has 1 saturated carbocycles. The van der Waals surface area contributed by atoms with E-state index >= 15 is 0 Å². The number of hydrogen-bond acceptors (Lipinski definition) is 4. The van der Waals surface area contributed by atoms with E-state index in [1.54, 1.807) is 12.4 Å². The van der Waals surface area contributed by atoms with Gasteiger partial charge in [-0.15, -0.1) is 0 Å².